The zero-order valence-corrected chi connectivity index (χ0v) is 17.6. The van der Waals surface area contributed by atoms with Crippen LogP contribution in [0.2, 0.25) is 6.04 Å². The molecule has 0 bridgehead atoms. The fraction of sp³-hybridized carbons (Fsp3) is 0.647. The highest BCUT2D eigenvalue weighted by atomic mass is 28.4. The van der Waals surface area contributed by atoms with E-state index < -0.39 is 13.7 Å². The summed E-state index contributed by atoms with van der Waals surface area (Å²) in [4.78, 5) is 11.0. The van der Waals surface area contributed by atoms with Gasteiger partial charge in [-0.15, -0.1) is 0 Å². The first-order chi connectivity index (χ1) is 13.0. The highest BCUT2D eigenvalue weighted by molar-refractivity contribution is 6.60. The van der Waals surface area contributed by atoms with E-state index in [9.17, 15) is 10.1 Å². The number of nitrogens with zero attached hydrogens (tertiary/aromatic N) is 1. The molecule has 0 saturated carbocycles. The third-order valence-electron chi connectivity index (χ3n) is 4.06. The van der Waals surface area contributed by atoms with Crippen molar-refractivity contribution in [3.05, 3.63) is 27.8 Å². The first-order valence-corrected chi connectivity index (χ1v) is 10.6. The molecule has 0 atom stereocenters. The van der Waals surface area contributed by atoms with Crippen LogP contribution in [0.5, 0.6) is 11.5 Å². The maximum Gasteiger partial charge on any atom is 0.500 e. The summed E-state index contributed by atoms with van der Waals surface area (Å²) in [6, 6.07) is 3.78. The molecule has 0 heterocycles. The van der Waals surface area contributed by atoms with Crippen LogP contribution < -0.4 is 9.47 Å². The molecule has 10 heteroatoms. The standard InChI is InChI=1S/C17H29NO8Si/c1-6-26-16-12-15(21-2)11-14(17(16)18(19)20)13-25-9-7-8-10-27(22-3,23-4)24-5/h11-12H,6-10,13H2,1-5H3. The molecule has 9 nitrogen and oxygen atoms in total. The van der Waals surface area contributed by atoms with E-state index in [-0.39, 0.29) is 18.0 Å². The van der Waals surface area contributed by atoms with Gasteiger partial charge < -0.3 is 27.5 Å². The molecule has 1 aromatic rings. The monoisotopic (exact) mass is 403 g/mol. The van der Waals surface area contributed by atoms with E-state index in [2.05, 4.69) is 0 Å². The molecular formula is C17H29NO8Si. The lowest BCUT2D eigenvalue weighted by atomic mass is 10.1. The third-order valence-corrected chi connectivity index (χ3v) is 6.89. The van der Waals surface area contributed by atoms with Gasteiger partial charge in [-0.1, -0.05) is 0 Å². The molecule has 0 unspecified atom stereocenters. The van der Waals surface area contributed by atoms with Gasteiger partial charge in [-0.05, 0) is 25.8 Å². The number of ether oxygens (including phenoxy) is 3. The van der Waals surface area contributed by atoms with Crippen molar-refractivity contribution in [3.63, 3.8) is 0 Å². The van der Waals surface area contributed by atoms with Crippen LogP contribution in [0.25, 0.3) is 0 Å². The summed E-state index contributed by atoms with van der Waals surface area (Å²) in [5.74, 6) is 0.662. The second-order valence-electron chi connectivity index (χ2n) is 5.63. The van der Waals surface area contributed by atoms with Gasteiger partial charge in [0.25, 0.3) is 0 Å². The van der Waals surface area contributed by atoms with E-state index in [0.29, 0.717) is 30.6 Å². The molecule has 27 heavy (non-hydrogen) atoms. The first kappa shape index (κ1) is 23.3. The lowest BCUT2D eigenvalue weighted by molar-refractivity contribution is -0.387. The molecule has 0 amide bonds. The third kappa shape index (κ3) is 6.74. The maximum absolute atomic E-state index is 11.5. The molecule has 0 aliphatic rings. The summed E-state index contributed by atoms with van der Waals surface area (Å²) in [6.07, 6.45) is 1.55. The number of hydrogen-bond acceptors (Lipinski definition) is 8. The maximum atomic E-state index is 11.5. The number of nitro groups is 1. The van der Waals surface area contributed by atoms with Gasteiger partial charge in [0.05, 0.1) is 30.8 Å². The Balaban J connectivity index is 2.66. The van der Waals surface area contributed by atoms with Crippen molar-refractivity contribution < 1.29 is 32.4 Å². The SMILES string of the molecule is CCOc1cc(OC)cc(COCCCC[Si](OC)(OC)OC)c1[N+](=O)[O-]. The summed E-state index contributed by atoms with van der Waals surface area (Å²) in [5.41, 5.74) is 0.319. The van der Waals surface area contributed by atoms with Crippen LogP contribution in [0.15, 0.2) is 12.1 Å². The predicted molar refractivity (Wildman–Crippen MR) is 101 cm³/mol. The van der Waals surface area contributed by atoms with Crippen LogP contribution in [0.1, 0.15) is 25.3 Å². The van der Waals surface area contributed by atoms with Gasteiger partial charge in [0.1, 0.15) is 5.75 Å². The highest BCUT2D eigenvalue weighted by Crippen LogP contribution is 2.36. The van der Waals surface area contributed by atoms with E-state index in [1.54, 1.807) is 34.3 Å². The van der Waals surface area contributed by atoms with Crippen molar-refractivity contribution in [3.8, 4) is 11.5 Å². The van der Waals surface area contributed by atoms with Gasteiger partial charge >= 0.3 is 14.5 Å². The zero-order valence-electron chi connectivity index (χ0n) is 16.6. The molecule has 1 rings (SSSR count). The number of hydrogen-bond donors (Lipinski definition) is 0. The van der Waals surface area contributed by atoms with Crippen molar-refractivity contribution in [2.75, 3.05) is 41.7 Å². The molecule has 0 fully saturated rings. The van der Waals surface area contributed by atoms with Gasteiger partial charge in [-0.3, -0.25) is 10.1 Å². The predicted octanol–water partition coefficient (Wildman–Crippen LogP) is 3.18. The number of rotatable bonds is 14. The molecule has 0 aliphatic carbocycles. The van der Waals surface area contributed by atoms with E-state index in [1.165, 1.54) is 13.2 Å². The van der Waals surface area contributed by atoms with Crippen LogP contribution >= 0.6 is 0 Å². The Kier molecular flexibility index (Phi) is 10.3. The topological polar surface area (TPSA) is 98.5 Å². The molecule has 0 radical (unpaired) electrons. The van der Waals surface area contributed by atoms with E-state index in [0.717, 1.165) is 12.8 Å². The Morgan fingerprint density at radius 3 is 2.26 bits per heavy atom. The Bertz CT molecular complexity index is 586. The minimum absolute atomic E-state index is 0.0923. The average Bonchev–Trinajstić information content (AvgIpc) is 2.67. The van der Waals surface area contributed by atoms with Gasteiger partial charge in [0.15, 0.2) is 0 Å². The summed E-state index contributed by atoms with van der Waals surface area (Å²) in [5, 5.41) is 11.5. The summed E-state index contributed by atoms with van der Waals surface area (Å²) < 4.78 is 32.3. The van der Waals surface area contributed by atoms with Crippen LogP contribution in [-0.2, 0) is 24.6 Å². The van der Waals surface area contributed by atoms with Gasteiger partial charge in [-0.2, -0.15) is 0 Å². The quantitative estimate of drug-likeness (QED) is 0.202. The van der Waals surface area contributed by atoms with E-state index in [1.807, 2.05) is 0 Å². The molecular weight excluding hydrogens is 374 g/mol. The lowest BCUT2D eigenvalue weighted by Gasteiger charge is -2.24. The normalized spacial score (nSPS) is 11.4. The fourth-order valence-electron chi connectivity index (χ4n) is 2.62. The molecule has 154 valence electrons. The Morgan fingerprint density at radius 1 is 1.07 bits per heavy atom. The Morgan fingerprint density at radius 2 is 1.74 bits per heavy atom. The molecule has 0 saturated heterocycles. The fourth-order valence-corrected chi connectivity index (χ4v) is 4.42. The number of nitro benzene ring substituents is 1. The van der Waals surface area contributed by atoms with Gasteiger partial charge in [0, 0.05) is 40.0 Å². The van der Waals surface area contributed by atoms with Gasteiger partial charge in [0.2, 0.25) is 5.75 Å². The van der Waals surface area contributed by atoms with Crippen LogP contribution in [-0.4, -0.2) is 55.4 Å². The van der Waals surface area contributed by atoms with E-state index >= 15 is 0 Å². The summed E-state index contributed by atoms with van der Waals surface area (Å²) >= 11 is 0. The second kappa shape index (κ2) is 11.9. The summed E-state index contributed by atoms with van der Waals surface area (Å²) in [6.45, 7) is 2.62. The molecule has 1 aromatic carbocycles. The van der Waals surface area contributed by atoms with Crippen molar-refractivity contribution in [2.45, 2.75) is 32.4 Å². The van der Waals surface area contributed by atoms with Crippen molar-refractivity contribution in [2.24, 2.45) is 0 Å². The van der Waals surface area contributed by atoms with Crippen LogP contribution in [0, 0.1) is 10.1 Å². The minimum Gasteiger partial charge on any atom is -0.497 e. The lowest BCUT2D eigenvalue weighted by Crippen LogP contribution is -2.42. The molecule has 0 N–H and O–H groups in total. The van der Waals surface area contributed by atoms with Crippen molar-refractivity contribution in [1.29, 1.82) is 0 Å². The molecule has 0 spiro atoms. The molecule has 0 aromatic heterocycles. The number of unbranched alkanes of at least 4 members (excludes halogenated alkanes) is 1. The number of benzene rings is 1. The summed E-state index contributed by atoms with van der Waals surface area (Å²) in [7, 11) is 3.66. The minimum atomic E-state index is -2.57. The Hall–Kier alpha value is -1.72. The smallest absolute Gasteiger partial charge is 0.497 e. The zero-order chi connectivity index (χ0) is 20.3. The van der Waals surface area contributed by atoms with Gasteiger partial charge in [-0.25, -0.2) is 0 Å². The average molecular weight is 404 g/mol. The van der Waals surface area contributed by atoms with Crippen molar-refractivity contribution >= 4 is 14.5 Å². The van der Waals surface area contributed by atoms with E-state index in [4.69, 9.17) is 27.5 Å². The van der Waals surface area contributed by atoms with Crippen LogP contribution in [0.4, 0.5) is 5.69 Å². The molecule has 0 aliphatic heterocycles. The second-order valence-corrected chi connectivity index (χ2v) is 8.72. The Labute approximate surface area is 161 Å². The highest BCUT2D eigenvalue weighted by Gasteiger charge is 2.36. The number of methoxy groups -OCH3 is 1. The first-order valence-electron chi connectivity index (χ1n) is 8.68. The largest absolute Gasteiger partial charge is 0.500 e. The van der Waals surface area contributed by atoms with Crippen molar-refractivity contribution in [1.82, 2.24) is 0 Å². The van der Waals surface area contributed by atoms with Crippen LogP contribution in [0.3, 0.4) is 0 Å².